The molecular formula is C23H26N6O3S. The minimum absolute atomic E-state index is 0.0573. The van der Waals surface area contributed by atoms with Gasteiger partial charge in [-0.15, -0.1) is 16.4 Å². The van der Waals surface area contributed by atoms with Gasteiger partial charge in [-0.3, -0.25) is 14.5 Å². The lowest BCUT2D eigenvalue weighted by atomic mass is 10.0. The van der Waals surface area contributed by atoms with E-state index in [0.29, 0.717) is 37.6 Å². The molecule has 33 heavy (non-hydrogen) atoms. The summed E-state index contributed by atoms with van der Waals surface area (Å²) in [6, 6.07) is 10.1. The van der Waals surface area contributed by atoms with Gasteiger partial charge in [0.1, 0.15) is 6.54 Å². The molecule has 4 rings (SSSR count). The van der Waals surface area contributed by atoms with E-state index in [1.807, 2.05) is 30.5 Å². The number of tetrazole rings is 1. The van der Waals surface area contributed by atoms with E-state index in [1.54, 1.807) is 18.3 Å². The fraction of sp³-hybridized carbons (Fsp3) is 0.348. The molecule has 172 valence electrons. The van der Waals surface area contributed by atoms with Crippen molar-refractivity contribution in [2.24, 2.45) is 0 Å². The molecule has 0 amide bonds. The van der Waals surface area contributed by atoms with Crippen LogP contribution in [0.15, 0.2) is 40.5 Å². The Morgan fingerprint density at radius 3 is 2.76 bits per heavy atom. The van der Waals surface area contributed by atoms with E-state index >= 15 is 0 Å². The van der Waals surface area contributed by atoms with Crippen molar-refractivity contribution in [3.05, 3.63) is 73.5 Å². The number of H-pyrrole nitrogens is 1. The quantitative estimate of drug-likeness (QED) is 0.378. The zero-order valence-corrected chi connectivity index (χ0v) is 19.7. The Morgan fingerprint density at radius 2 is 2.00 bits per heavy atom. The number of aryl methyl sites for hydroxylation is 2. The predicted octanol–water partition coefficient (Wildman–Crippen LogP) is 2.96. The molecule has 3 aromatic heterocycles. The fourth-order valence-electron chi connectivity index (χ4n) is 3.66. The third-order valence-electron chi connectivity index (χ3n) is 5.44. The average molecular weight is 467 g/mol. The van der Waals surface area contributed by atoms with Crippen LogP contribution >= 0.6 is 11.3 Å². The van der Waals surface area contributed by atoms with Crippen LogP contribution in [0.4, 0.5) is 0 Å². The number of ether oxygens (including phenoxy) is 1. The lowest BCUT2D eigenvalue weighted by molar-refractivity contribution is -0.144. The van der Waals surface area contributed by atoms with Crippen LogP contribution in [-0.4, -0.2) is 42.7 Å². The highest BCUT2D eigenvalue weighted by Crippen LogP contribution is 2.20. The monoisotopic (exact) mass is 466 g/mol. The smallest absolute Gasteiger partial charge is 0.327 e. The van der Waals surface area contributed by atoms with Crippen LogP contribution in [0.2, 0.25) is 0 Å². The van der Waals surface area contributed by atoms with Crippen LogP contribution in [0.5, 0.6) is 0 Å². The Kier molecular flexibility index (Phi) is 6.95. The minimum atomic E-state index is -0.396. The van der Waals surface area contributed by atoms with E-state index < -0.39 is 5.97 Å². The van der Waals surface area contributed by atoms with Crippen molar-refractivity contribution in [1.29, 1.82) is 0 Å². The van der Waals surface area contributed by atoms with E-state index in [9.17, 15) is 9.59 Å². The number of carbonyl (C=O) groups is 1. The van der Waals surface area contributed by atoms with Gasteiger partial charge < -0.3 is 9.72 Å². The highest BCUT2D eigenvalue weighted by molar-refractivity contribution is 7.09. The van der Waals surface area contributed by atoms with Crippen LogP contribution in [-0.2, 0) is 35.7 Å². The Balaban J connectivity index is 1.62. The molecule has 0 aliphatic heterocycles. The van der Waals surface area contributed by atoms with Crippen LogP contribution in [0.3, 0.4) is 0 Å². The lowest BCUT2D eigenvalue weighted by Gasteiger charge is -2.21. The van der Waals surface area contributed by atoms with Gasteiger partial charge in [-0.1, -0.05) is 6.07 Å². The van der Waals surface area contributed by atoms with Gasteiger partial charge in [-0.25, -0.2) is 4.68 Å². The number of benzene rings is 1. The highest BCUT2D eigenvalue weighted by Gasteiger charge is 2.18. The Labute approximate surface area is 195 Å². The molecule has 4 aromatic rings. The summed E-state index contributed by atoms with van der Waals surface area (Å²) in [5.41, 5.74) is 3.68. The first-order valence-electron chi connectivity index (χ1n) is 10.7. The summed E-state index contributed by atoms with van der Waals surface area (Å²) >= 11 is 1.65. The second kappa shape index (κ2) is 10.1. The van der Waals surface area contributed by atoms with Gasteiger partial charge in [0.05, 0.1) is 13.2 Å². The van der Waals surface area contributed by atoms with Crippen molar-refractivity contribution in [3.63, 3.8) is 0 Å². The molecule has 0 atom stereocenters. The number of esters is 1. The minimum Gasteiger partial charge on any atom is -0.465 e. The second-order valence-electron chi connectivity index (χ2n) is 7.93. The molecule has 9 nitrogen and oxygen atoms in total. The van der Waals surface area contributed by atoms with Crippen LogP contribution < -0.4 is 5.56 Å². The lowest BCUT2D eigenvalue weighted by Crippen LogP contribution is -2.28. The molecule has 3 heterocycles. The summed E-state index contributed by atoms with van der Waals surface area (Å²) in [5.74, 6) is 0.135. The Hall–Kier alpha value is -3.37. The molecule has 0 aliphatic carbocycles. The standard InChI is InChI=1S/C23H26N6O3S/c1-4-32-22(30)14-29-21(25-26-27-29)13-28(12-19-6-5-7-33-19)11-18-10-17-8-15(2)16(3)9-20(17)24-23(18)31/h5-10H,4,11-14H2,1-3H3,(H,24,31). The molecule has 0 saturated carbocycles. The van der Waals surface area contributed by atoms with Crippen LogP contribution in [0, 0.1) is 13.8 Å². The number of carbonyl (C=O) groups excluding carboxylic acids is 1. The van der Waals surface area contributed by atoms with Crippen molar-refractivity contribution >= 4 is 28.2 Å². The van der Waals surface area contributed by atoms with E-state index in [2.05, 4.69) is 44.5 Å². The molecule has 0 unspecified atom stereocenters. The first-order chi connectivity index (χ1) is 15.9. The topological polar surface area (TPSA) is 106 Å². The van der Waals surface area contributed by atoms with Gasteiger partial charge in [-0.05, 0) is 77.4 Å². The largest absolute Gasteiger partial charge is 0.465 e. The number of pyridine rings is 1. The van der Waals surface area contributed by atoms with Gasteiger partial charge in [-0.2, -0.15) is 0 Å². The number of nitrogens with one attached hydrogen (secondary N) is 1. The molecular weight excluding hydrogens is 440 g/mol. The SMILES string of the molecule is CCOC(=O)Cn1nnnc1CN(Cc1cccs1)Cc1cc2cc(C)c(C)cc2[nH]c1=O. The normalized spacial score (nSPS) is 11.4. The summed E-state index contributed by atoms with van der Waals surface area (Å²) in [6.07, 6.45) is 0. The first kappa shape index (κ1) is 22.8. The van der Waals surface area contributed by atoms with E-state index in [-0.39, 0.29) is 12.1 Å². The predicted molar refractivity (Wildman–Crippen MR) is 126 cm³/mol. The maximum Gasteiger partial charge on any atom is 0.327 e. The van der Waals surface area contributed by atoms with E-state index in [0.717, 1.165) is 21.3 Å². The van der Waals surface area contributed by atoms with E-state index in [4.69, 9.17) is 4.74 Å². The molecule has 0 aliphatic rings. The molecule has 1 N–H and O–H groups in total. The molecule has 0 saturated heterocycles. The summed E-state index contributed by atoms with van der Waals surface area (Å²) < 4.78 is 6.46. The number of fused-ring (bicyclic) bond motifs is 1. The third-order valence-corrected chi connectivity index (χ3v) is 6.31. The van der Waals surface area contributed by atoms with Crippen molar-refractivity contribution in [2.45, 2.75) is 47.0 Å². The second-order valence-corrected chi connectivity index (χ2v) is 8.96. The molecule has 0 spiro atoms. The number of hydrogen-bond donors (Lipinski definition) is 1. The van der Waals surface area contributed by atoms with Crippen molar-refractivity contribution in [3.8, 4) is 0 Å². The number of thiophene rings is 1. The summed E-state index contributed by atoms with van der Waals surface area (Å²) in [7, 11) is 0. The molecule has 0 fully saturated rings. The Morgan fingerprint density at radius 1 is 1.18 bits per heavy atom. The van der Waals surface area contributed by atoms with Gasteiger partial charge in [0, 0.05) is 29.0 Å². The Bertz CT molecular complexity index is 1310. The summed E-state index contributed by atoms with van der Waals surface area (Å²) in [4.78, 5) is 31.1. The van der Waals surface area contributed by atoms with Gasteiger partial charge >= 0.3 is 5.97 Å². The maximum atomic E-state index is 12.9. The number of rotatable bonds is 9. The van der Waals surface area contributed by atoms with Crippen molar-refractivity contribution in [2.75, 3.05) is 6.61 Å². The zero-order valence-electron chi connectivity index (χ0n) is 18.9. The maximum absolute atomic E-state index is 12.9. The molecule has 0 bridgehead atoms. The fourth-order valence-corrected chi connectivity index (χ4v) is 4.41. The van der Waals surface area contributed by atoms with Crippen LogP contribution in [0.25, 0.3) is 10.9 Å². The number of hydrogen-bond acceptors (Lipinski definition) is 8. The molecule has 0 radical (unpaired) electrons. The number of aromatic nitrogens is 5. The average Bonchev–Trinajstić information content (AvgIpc) is 3.43. The van der Waals surface area contributed by atoms with Gasteiger partial charge in [0.2, 0.25) is 0 Å². The van der Waals surface area contributed by atoms with Crippen LogP contribution in [0.1, 0.15) is 34.3 Å². The van der Waals surface area contributed by atoms with Crippen molar-refractivity contribution < 1.29 is 9.53 Å². The molecule has 10 heteroatoms. The van der Waals surface area contributed by atoms with Gasteiger partial charge in [0.15, 0.2) is 5.82 Å². The first-order valence-corrected chi connectivity index (χ1v) is 11.6. The van der Waals surface area contributed by atoms with Crippen molar-refractivity contribution in [1.82, 2.24) is 30.1 Å². The summed E-state index contributed by atoms with van der Waals surface area (Å²) in [6.45, 7) is 7.48. The zero-order chi connectivity index (χ0) is 23.4. The molecule has 1 aromatic carbocycles. The van der Waals surface area contributed by atoms with E-state index in [1.165, 1.54) is 10.2 Å². The third kappa shape index (κ3) is 5.52. The summed E-state index contributed by atoms with van der Waals surface area (Å²) in [5, 5.41) is 14.8. The number of aromatic amines is 1. The highest BCUT2D eigenvalue weighted by atomic mass is 32.1. The number of nitrogens with zero attached hydrogens (tertiary/aromatic N) is 5. The van der Waals surface area contributed by atoms with Gasteiger partial charge in [0.25, 0.3) is 5.56 Å².